The second-order valence-electron chi connectivity index (χ2n) is 7.69. The summed E-state index contributed by atoms with van der Waals surface area (Å²) in [5.74, 6) is -0.162. The Hall–Kier alpha value is -1.64. The van der Waals surface area contributed by atoms with Gasteiger partial charge in [-0.15, -0.1) is 0 Å². The van der Waals surface area contributed by atoms with E-state index in [2.05, 4.69) is 10.2 Å². The van der Waals surface area contributed by atoms with E-state index in [1.54, 1.807) is 16.4 Å². The highest BCUT2D eigenvalue weighted by Crippen LogP contribution is 2.32. The molecule has 0 atom stereocenters. The maximum atomic E-state index is 13.1. The molecule has 162 valence electrons. The van der Waals surface area contributed by atoms with Crippen molar-refractivity contribution in [2.45, 2.75) is 50.8 Å². The van der Waals surface area contributed by atoms with E-state index in [0.29, 0.717) is 44.8 Å². The number of carbonyl (C=O) groups excluding carboxylic acids is 1. The predicted octanol–water partition coefficient (Wildman–Crippen LogP) is 3.07. The van der Waals surface area contributed by atoms with E-state index < -0.39 is 10.0 Å². The maximum absolute atomic E-state index is 13.1. The Morgan fingerprint density at radius 2 is 1.79 bits per heavy atom. The zero-order valence-corrected chi connectivity index (χ0v) is 18.3. The molecule has 0 aromatic heterocycles. The lowest BCUT2D eigenvalue weighted by Crippen LogP contribution is -2.35. The second kappa shape index (κ2) is 9.91. The third kappa shape index (κ3) is 5.10. The topological polar surface area (TPSA) is 79.0 Å². The summed E-state index contributed by atoms with van der Waals surface area (Å²) in [6.45, 7) is 7.93. The molecule has 0 aliphatic carbocycles. The summed E-state index contributed by atoms with van der Waals surface area (Å²) in [6.07, 6.45) is 4.24. The molecule has 2 aliphatic rings. The number of hydrogen-bond acceptors (Lipinski definition) is 5. The average Bonchev–Trinajstić information content (AvgIpc) is 2.76. The van der Waals surface area contributed by atoms with Crippen molar-refractivity contribution in [3.05, 3.63) is 18.2 Å². The fourth-order valence-corrected chi connectivity index (χ4v) is 5.61. The monoisotopic (exact) mass is 423 g/mol. The van der Waals surface area contributed by atoms with Crippen LogP contribution in [0.2, 0.25) is 0 Å². The van der Waals surface area contributed by atoms with E-state index in [9.17, 15) is 13.2 Å². The van der Waals surface area contributed by atoms with Gasteiger partial charge in [0, 0.05) is 45.3 Å². The Bertz CT molecular complexity index is 796. The highest BCUT2D eigenvalue weighted by atomic mass is 32.2. The van der Waals surface area contributed by atoms with Crippen LogP contribution >= 0.6 is 0 Å². The molecule has 2 heterocycles. The quantitative estimate of drug-likeness (QED) is 0.729. The minimum atomic E-state index is -3.56. The third-order valence-electron chi connectivity index (χ3n) is 5.87. The molecular weight excluding hydrogens is 390 g/mol. The van der Waals surface area contributed by atoms with Crippen molar-refractivity contribution in [1.82, 2.24) is 4.31 Å². The number of piperidine rings is 1. The average molecular weight is 424 g/mol. The molecule has 3 rings (SSSR count). The molecule has 1 aromatic rings. The van der Waals surface area contributed by atoms with Crippen molar-refractivity contribution in [3.63, 3.8) is 0 Å². The fourth-order valence-electron chi connectivity index (χ4n) is 4.06. The molecule has 0 saturated carbocycles. The molecular formula is C21H33N3O4S. The number of carbonyl (C=O) groups is 1. The lowest BCUT2D eigenvalue weighted by atomic mass is 9.99. The molecule has 2 aliphatic heterocycles. The first-order valence-corrected chi connectivity index (χ1v) is 12.2. The van der Waals surface area contributed by atoms with Gasteiger partial charge in [-0.05, 0) is 57.7 Å². The number of rotatable bonds is 7. The van der Waals surface area contributed by atoms with Gasteiger partial charge in [-0.2, -0.15) is 4.31 Å². The molecule has 2 saturated heterocycles. The molecule has 1 aromatic carbocycles. The molecule has 0 spiro atoms. The van der Waals surface area contributed by atoms with Gasteiger partial charge in [-0.3, -0.25) is 4.79 Å². The molecule has 1 amide bonds. The molecule has 8 heteroatoms. The fraction of sp³-hybridized carbons (Fsp3) is 0.667. The summed E-state index contributed by atoms with van der Waals surface area (Å²) < 4.78 is 33.2. The number of benzene rings is 1. The molecule has 0 unspecified atom stereocenters. The summed E-state index contributed by atoms with van der Waals surface area (Å²) >= 11 is 0. The van der Waals surface area contributed by atoms with Gasteiger partial charge in [0.2, 0.25) is 15.9 Å². The van der Waals surface area contributed by atoms with Gasteiger partial charge >= 0.3 is 0 Å². The largest absolute Gasteiger partial charge is 0.381 e. The van der Waals surface area contributed by atoms with Crippen molar-refractivity contribution in [2.24, 2.45) is 5.92 Å². The zero-order chi connectivity index (χ0) is 20.9. The minimum absolute atomic E-state index is 0.0609. The SMILES string of the molecule is CCN(CC)c1ccc(S(=O)(=O)N2CCCCC2)cc1NC(=O)C1CCOCC1. The number of ether oxygens (including phenoxy) is 1. The first-order chi connectivity index (χ1) is 14.0. The van der Waals surface area contributed by atoms with Crippen LogP contribution in [0.15, 0.2) is 23.1 Å². The lowest BCUT2D eigenvalue weighted by Gasteiger charge is -2.28. The van der Waals surface area contributed by atoms with Gasteiger partial charge in [-0.25, -0.2) is 8.42 Å². The van der Waals surface area contributed by atoms with Crippen LogP contribution in [-0.2, 0) is 19.6 Å². The number of nitrogens with zero attached hydrogens (tertiary/aromatic N) is 2. The second-order valence-corrected chi connectivity index (χ2v) is 9.63. The van der Waals surface area contributed by atoms with Crippen LogP contribution in [0.1, 0.15) is 46.0 Å². The van der Waals surface area contributed by atoms with E-state index >= 15 is 0 Å². The van der Waals surface area contributed by atoms with Crippen LogP contribution in [0, 0.1) is 5.92 Å². The van der Waals surface area contributed by atoms with Crippen molar-refractivity contribution < 1.29 is 17.9 Å². The number of nitrogens with one attached hydrogen (secondary N) is 1. The Morgan fingerprint density at radius 1 is 1.14 bits per heavy atom. The van der Waals surface area contributed by atoms with Crippen LogP contribution in [0.3, 0.4) is 0 Å². The highest BCUT2D eigenvalue weighted by molar-refractivity contribution is 7.89. The molecule has 29 heavy (non-hydrogen) atoms. The van der Waals surface area contributed by atoms with Crippen LogP contribution < -0.4 is 10.2 Å². The third-order valence-corrected chi connectivity index (χ3v) is 7.77. The molecule has 0 radical (unpaired) electrons. The van der Waals surface area contributed by atoms with Crippen molar-refractivity contribution in [3.8, 4) is 0 Å². The summed E-state index contributed by atoms with van der Waals surface area (Å²) in [7, 11) is -3.56. The van der Waals surface area contributed by atoms with Crippen molar-refractivity contribution in [2.75, 3.05) is 49.6 Å². The first-order valence-electron chi connectivity index (χ1n) is 10.7. The number of sulfonamides is 1. The van der Waals surface area contributed by atoms with Gasteiger partial charge in [0.1, 0.15) is 0 Å². The maximum Gasteiger partial charge on any atom is 0.243 e. The Balaban J connectivity index is 1.91. The van der Waals surface area contributed by atoms with Gasteiger partial charge in [-0.1, -0.05) is 6.42 Å². The van der Waals surface area contributed by atoms with Gasteiger partial charge < -0.3 is 15.0 Å². The van der Waals surface area contributed by atoms with E-state index in [1.165, 1.54) is 0 Å². The number of hydrogen-bond donors (Lipinski definition) is 1. The van der Waals surface area contributed by atoms with E-state index in [0.717, 1.165) is 38.0 Å². The molecule has 2 fully saturated rings. The summed E-state index contributed by atoms with van der Waals surface area (Å²) in [5.41, 5.74) is 1.43. The van der Waals surface area contributed by atoms with Crippen LogP contribution in [0.4, 0.5) is 11.4 Å². The normalized spacial score (nSPS) is 19.1. The van der Waals surface area contributed by atoms with Crippen molar-refractivity contribution in [1.29, 1.82) is 0 Å². The van der Waals surface area contributed by atoms with E-state index in [1.807, 2.05) is 19.9 Å². The van der Waals surface area contributed by atoms with Crippen LogP contribution in [0.5, 0.6) is 0 Å². The minimum Gasteiger partial charge on any atom is -0.381 e. The summed E-state index contributed by atoms with van der Waals surface area (Å²) in [6, 6.07) is 5.12. The van der Waals surface area contributed by atoms with E-state index in [-0.39, 0.29) is 16.7 Å². The molecule has 0 bridgehead atoms. The molecule has 1 N–H and O–H groups in total. The summed E-state index contributed by atoms with van der Waals surface area (Å²) in [5, 5.41) is 3.03. The van der Waals surface area contributed by atoms with Crippen molar-refractivity contribution >= 4 is 27.3 Å². The Kier molecular flexibility index (Phi) is 7.54. The van der Waals surface area contributed by atoms with Crippen LogP contribution in [0.25, 0.3) is 0 Å². The zero-order valence-electron chi connectivity index (χ0n) is 17.5. The van der Waals surface area contributed by atoms with Gasteiger partial charge in [0.25, 0.3) is 0 Å². The van der Waals surface area contributed by atoms with Crippen LogP contribution in [-0.4, -0.2) is 58.0 Å². The number of anilines is 2. The van der Waals surface area contributed by atoms with E-state index in [4.69, 9.17) is 4.74 Å². The number of amides is 1. The van der Waals surface area contributed by atoms with Gasteiger partial charge in [0.15, 0.2) is 0 Å². The standard InChI is InChI=1S/C21H33N3O4S/c1-3-23(4-2)20-9-8-18(29(26,27)24-12-6-5-7-13-24)16-19(20)22-21(25)17-10-14-28-15-11-17/h8-9,16-17H,3-7,10-15H2,1-2H3,(H,22,25). The molecule has 7 nitrogen and oxygen atoms in total. The predicted molar refractivity (Wildman–Crippen MR) is 115 cm³/mol. The summed E-state index contributed by atoms with van der Waals surface area (Å²) in [4.78, 5) is 15.2. The van der Waals surface area contributed by atoms with Gasteiger partial charge in [0.05, 0.1) is 16.3 Å². The smallest absolute Gasteiger partial charge is 0.243 e. The Morgan fingerprint density at radius 3 is 2.41 bits per heavy atom. The highest BCUT2D eigenvalue weighted by Gasteiger charge is 2.28. The first kappa shape index (κ1) is 22.1. The lowest BCUT2D eigenvalue weighted by molar-refractivity contribution is -0.122. The Labute approximate surface area is 174 Å².